The van der Waals surface area contributed by atoms with E-state index in [4.69, 9.17) is 10.5 Å². The molecule has 0 aromatic rings. The van der Waals surface area contributed by atoms with Gasteiger partial charge >= 0.3 is 0 Å². The lowest BCUT2D eigenvalue weighted by atomic mass is 10.2. The van der Waals surface area contributed by atoms with E-state index in [1.807, 2.05) is 13.0 Å². The number of unbranched alkanes of at least 4 members (excludes halogenated alkanes) is 2. The van der Waals surface area contributed by atoms with Gasteiger partial charge in [-0.1, -0.05) is 26.2 Å². The van der Waals surface area contributed by atoms with E-state index in [-0.39, 0.29) is 13.0 Å². The smallest absolute Gasteiger partial charge is 0.213 e. The van der Waals surface area contributed by atoms with Crippen molar-refractivity contribution in [1.29, 1.82) is 10.5 Å². The lowest BCUT2D eigenvalue weighted by Crippen LogP contribution is -2.34. The van der Waals surface area contributed by atoms with Gasteiger partial charge < -0.3 is 0 Å². The average Bonchev–Trinajstić information content (AvgIpc) is 2.24. The predicted octanol–water partition coefficient (Wildman–Crippen LogP) is 1.29. The molecule has 90 valence electrons. The first-order valence-electron chi connectivity index (χ1n) is 5.33. The molecule has 0 aliphatic rings. The Morgan fingerprint density at radius 3 is 2.50 bits per heavy atom. The van der Waals surface area contributed by atoms with Gasteiger partial charge in [-0.3, -0.25) is 0 Å². The molecule has 1 atom stereocenters. The molecule has 0 radical (unpaired) electrons. The Bertz CT molecular complexity index is 365. The van der Waals surface area contributed by atoms with Crippen LogP contribution in [0.1, 0.15) is 39.0 Å². The first-order chi connectivity index (χ1) is 7.58. The highest BCUT2D eigenvalue weighted by Gasteiger charge is 2.23. The quantitative estimate of drug-likeness (QED) is 0.650. The van der Waals surface area contributed by atoms with Crippen LogP contribution in [-0.2, 0) is 10.0 Å². The van der Waals surface area contributed by atoms with Gasteiger partial charge in [-0.15, -0.1) is 0 Å². The van der Waals surface area contributed by atoms with E-state index in [1.165, 1.54) is 0 Å². The second-order valence-electron chi connectivity index (χ2n) is 3.46. The van der Waals surface area contributed by atoms with Crippen LogP contribution in [0.15, 0.2) is 0 Å². The molecule has 0 spiro atoms. The molecule has 0 saturated heterocycles. The Labute approximate surface area is 97.1 Å². The lowest BCUT2D eigenvalue weighted by molar-refractivity contribution is 0.564. The van der Waals surface area contributed by atoms with E-state index in [0.29, 0.717) is 6.42 Å². The Hall–Kier alpha value is -1.11. The van der Waals surface area contributed by atoms with Gasteiger partial charge in [0.1, 0.15) is 0 Å². The molecule has 0 rings (SSSR count). The summed E-state index contributed by atoms with van der Waals surface area (Å²) in [5, 5.41) is 16.1. The number of nitrogens with zero attached hydrogens (tertiary/aromatic N) is 2. The van der Waals surface area contributed by atoms with Crippen molar-refractivity contribution in [3.63, 3.8) is 0 Å². The third kappa shape index (κ3) is 5.69. The summed E-state index contributed by atoms with van der Waals surface area (Å²) in [4.78, 5) is 0. The van der Waals surface area contributed by atoms with Gasteiger partial charge in [-0.05, 0) is 6.42 Å². The van der Waals surface area contributed by atoms with Gasteiger partial charge in [0.25, 0.3) is 0 Å². The van der Waals surface area contributed by atoms with Crippen molar-refractivity contribution in [1.82, 2.24) is 4.72 Å². The monoisotopic (exact) mass is 243 g/mol. The molecule has 1 N–H and O–H groups in total. The van der Waals surface area contributed by atoms with Crippen molar-refractivity contribution in [2.75, 3.05) is 6.54 Å². The first kappa shape index (κ1) is 14.9. The van der Waals surface area contributed by atoms with Crippen LogP contribution in [-0.4, -0.2) is 20.2 Å². The van der Waals surface area contributed by atoms with E-state index in [2.05, 4.69) is 4.72 Å². The fourth-order valence-corrected chi connectivity index (χ4v) is 2.42. The Balaban J connectivity index is 4.23. The largest absolute Gasteiger partial charge is 0.228 e. The van der Waals surface area contributed by atoms with Crippen LogP contribution in [0.2, 0.25) is 0 Å². The highest BCUT2D eigenvalue weighted by Crippen LogP contribution is 2.09. The van der Waals surface area contributed by atoms with E-state index in [0.717, 1.165) is 19.3 Å². The van der Waals surface area contributed by atoms with E-state index >= 15 is 0 Å². The van der Waals surface area contributed by atoms with Crippen LogP contribution in [0.5, 0.6) is 0 Å². The van der Waals surface area contributed by atoms with Crippen molar-refractivity contribution >= 4 is 10.0 Å². The van der Waals surface area contributed by atoms with Gasteiger partial charge in [0.15, 0.2) is 5.25 Å². The number of nitrogens with one attached hydrogen (secondary N) is 1. The molecule has 0 aromatic carbocycles. The summed E-state index contributed by atoms with van der Waals surface area (Å²) in [6.45, 7) is 2.09. The summed E-state index contributed by atoms with van der Waals surface area (Å²) >= 11 is 0. The third-order valence-corrected chi connectivity index (χ3v) is 3.83. The summed E-state index contributed by atoms with van der Waals surface area (Å²) in [6, 6.07) is 3.63. The topological polar surface area (TPSA) is 93.8 Å². The van der Waals surface area contributed by atoms with Crippen molar-refractivity contribution in [2.45, 2.75) is 44.3 Å². The van der Waals surface area contributed by atoms with Crippen LogP contribution < -0.4 is 4.72 Å². The summed E-state index contributed by atoms with van der Waals surface area (Å²) < 4.78 is 25.4. The zero-order valence-corrected chi connectivity index (χ0v) is 10.3. The maximum Gasteiger partial charge on any atom is 0.228 e. The van der Waals surface area contributed by atoms with Crippen LogP contribution in [0.4, 0.5) is 0 Å². The van der Waals surface area contributed by atoms with Gasteiger partial charge in [0, 0.05) is 13.0 Å². The Kier molecular flexibility index (Phi) is 7.53. The number of hydrogen-bond acceptors (Lipinski definition) is 4. The van der Waals surface area contributed by atoms with Crippen LogP contribution in [0.3, 0.4) is 0 Å². The number of nitriles is 2. The zero-order chi connectivity index (χ0) is 12.4. The zero-order valence-electron chi connectivity index (χ0n) is 9.44. The molecule has 0 fully saturated rings. The first-order valence-corrected chi connectivity index (χ1v) is 6.88. The van der Waals surface area contributed by atoms with Gasteiger partial charge in [-0.2, -0.15) is 10.5 Å². The summed E-state index contributed by atoms with van der Waals surface area (Å²) in [5.41, 5.74) is 0. The van der Waals surface area contributed by atoms with E-state index < -0.39 is 15.3 Å². The van der Waals surface area contributed by atoms with E-state index in [9.17, 15) is 8.42 Å². The standard InChI is InChI=1S/C10H17N3O2S/c1-2-3-4-6-10(9-12)16(14,15)13-8-5-7-11/h10,13H,2-6,8H2,1H3. The Morgan fingerprint density at radius 1 is 1.31 bits per heavy atom. The molecule has 0 aliphatic heterocycles. The van der Waals surface area contributed by atoms with Crippen LogP contribution >= 0.6 is 0 Å². The SMILES string of the molecule is CCCCCC(C#N)S(=O)(=O)NCCC#N. The van der Waals surface area contributed by atoms with Crippen LogP contribution in [0, 0.1) is 22.7 Å². The Morgan fingerprint density at radius 2 is 2.00 bits per heavy atom. The fraction of sp³-hybridized carbons (Fsp3) is 0.800. The molecule has 16 heavy (non-hydrogen) atoms. The molecule has 0 amide bonds. The molecule has 6 heteroatoms. The number of hydrogen-bond donors (Lipinski definition) is 1. The molecule has 0 saturated carbocycles. The van der Waals surface area contributed by atoms with Crippen molar-refractivity contribution in [3.8, 4) is 12.1 Å². The minimum Gasteiger partial charge on any atom is -0.213 e. The third-order valence-electron chi connectivity index (χ3n) is 2.13. The van der Waals surface area contributed by atoms with Crippen LogP contribution in [0.25, 0.3) is 0 Å². The minimum atomic E-state index is -3.59. The number of sulfonamides is 1. The minimum absolute atomic E-state index is 0.0742. The molecule has 5 nitrogen and oxygen atoms in total. The maximum absolute atomic E-state index is 11.6. The van der Waals surface area contributed by atoms with Gasteiger partial charge in [-0.25, -0.2) is 13.1 Å². The fourth-order valence-electron chi connectivity index (χ4n) is 1.22. The second-order valence-corrected chi connectivity index (χ2v) is 5.41. The summed E-state index contributed by atoms with van der Waals surface area (Å²) in [6.07, 6.45) is 3.11. The average molecular weight is 243 g/mol. The maximum atomic E-state index is 11.6. The van der Waals surface area contributed by atoms with Crippen molar-refractivity contribution < 1.29 is 8.42 Å². The molecule has 1 unspecified atom stereocenters. The highest BCUT2D eigenvalue weighted by atomic mass is 32.2. The summed E-state index contributed by atoms with van der Waals surface area (Å²) in [7, 11) is -3.59. The van der Waals surface area contributed by atoms with Crippen molar-refractivity contribution in [3.05, 3.63) is 0 Å². The molecular weight excluding hydrogens is 226 g/mol. The molecule has 0 heterocycles. The van der Waals surface area contributed by atoms with E-state index in [1.54, 1.807) is 6.07 Å². The molecule has 0 bridgehead atoms. The number of rotatable bonds is 8. The lowest BCUT2D eigenvalue weighted by Gasteiger charge is -2.10. The molecule has 0 aliphatic carbocycles. The van der Waals surface area contributed by atoms with Crippen molar-refractivity contribution in [2.24, 2.45) is 0 Å². The normalized spacial score (nSPS) is 12.7. The molecule has 0 aromatic heterocycles. The highest BCUT2D eigenvalue weighted by molar-refractivity contribution is 7.90. The predicted molar refractivity (Wildman–Crippen MR) is 60.7 cm³/mol. The van der Waals surface area contributed by atoms with Gasteiger partial charge in [0.05, 0.1) is 12.1 Å². The summed E-state index contributed by atoms with van der Waals surface area (Å²) in [5.74, 6) is 0. The molecular formula is C10H17N3O2S. The second kappa shape index (κ2) is 8.09. The van der Waals surface area contributed by atoms with Gasteiger partial charge in [0.2, 0.25) is 10.0 Å².